The number of benzene rings is 2. The summed E-state index contributed by atoms with van der Waals surface area (Å²) in [5.41, 5.74) is 2.79. The lowest BCUT2D eigenvalue weighted by atomic mass is 10.0. The molecule has 0 aliphatic heterocycles. The summed E-state index contributed by atoms with van der Waals surface area (Å²) in [6.07, 6.45) is 0.381. The molecular formula is C20H25N3O4. The summed E-state index contributed by atoms with van der Waals surface area (Å²) in [5.74, 6) is 0.172. The average Bonchev–Trinajstić information content (AvgIpc) is 2.67. The van der Waals surface area contributed by atoms with Gasteiger partial charge in [-0.2, -0.15) is 0 Å². The van der Waals surface area contributed by atoms with Crippen molar-refractivity contribution < 1.29 is 19.4 Å². The lowest BCUT2D eigenvalue weighted by Crippen LogP contribution is -2.33. The van der Waals surface area contributed by atoms with Gasteiger partial charge in [0.25, 0.3) is 5.91 Å². The van der Waals surface area contributed by atoms with Gasteiger partial charge in [-0.3, -0.25) is 4.79 Å². The number of hydrogen-bond acceptors (Lipinski definition) is 4. The molecule has 0 aliphatic carbocycles. The van der Waals surface area contributed by atoms with Crippen LogP contribution < -0.4 is 20.7 Å². The van der Waals surface area contributed by atoms with Crippen LogP contribution in [0, 0.1) is 6.92 Å². The first-order valence-electron chi connectivity index (χ1n) is 8.63. The molecule has 7 nitrogen and oxygen atoms in total. The SMILES string of the molecule is CNC(=O)c1ccc(OC)c(NC(=O)N[C@H](CCO)c2ccc(C)cc2)c1. The Balaban J connectivity index is 2.17. The summed E-state index contributed by atoms with van der Waals surface area (Å²) in [7, 11) is 3.02. The minimum absolute atomic E-state index is 0.0612. The number of aryl methyl sites for hydroxylation is 1. The van der Waals surface area contributed by atoms with E-state index in [4.69, 9.17) is 4.74 Å². The molecule has 0 saturated carbocycles. The normalized spacial score (nSPS) is 11.4. The number of amides is 3. The van der Waals surface area contributed by atoms with Crippen LogP contribution in [0.1, 0.15) is 33.9 Å². The Bertz CT molecular complexity index is 790. The van der Waals surface area contributed by atoms with Crippen LogP contribution in [0.3, 0.4) is 0 Å². The first-order chi connectivity index (χ1) is 13.0. The summed E-state index contributed by atoms with van der Waals surface area (Å²) in [6.45, 7) is 1.92. The van der Waals surface area contributed by atoms with E-state index in [-0.39, 0.29) is 18.6 Å². The van der Waals surface area contributed by atoms with E-state index < -0.39 is 6.03 Å². The van der Waals surface area contributed by atoms with Crippen molar-refractivity contribution in [3.8, 4) is 5.75 Å². The molecule has 2 aromatic rings. The predicted molar refractivity (Wildman–Crippen MR) is 104 cm³/mol. The van der Waals surface area contributed by atoms with Crippen molar-refractivity contribution in [3.05, 3.63) is 59.2 Å². The Labute approximate surface area is 158 Å². The minimum Gasteiger partial charge on any atom is -0.495 e. The molecule has 7 heteroatoms. The Hall–Kier alpha value is -3.06. The van der Waals surface area contributed by atoms with Gasteiger partial charge in [0.2, 0.25) is 0 Å². The Morgan fingerprint density at radius 3 is 2.44 bits per heavy atom. The number of aliphatic hydroxyl groups excluding tert-OH is 1. The van der Waals surface area contributed by atoms with Crippen LogP contribution >= 0.6 is 0 Å². The third kappa shape index (κ3) is 5.46. The fourth-order valence-electron chi connectivity index (χ4n) is 2.66. The number of hydrogen-bond donors (Lipinski definition) is 4. The lowest BCUT2D eigenvalue weighted by molar-refractivity contribution is 0.0963. The molecule has 1 atom stereocenters. The average molecular weight is 371 g/mol. The standard InChI is InChI=1S/C20H25N3O4/c1-13-4-6-14(7-5-13)16(10-11-24)22-20(26)23-17-12-15(19(25)21-2)8-9-18(17)27-3/h4-9,12,16,24H,10-11H2,1-3H3,(H,21,25)(H2,22,23,26)/t16-/m1/s1. The molecule has 2 rings (SSSR count). The number of rotatable bonds is 7. The van der Waals surface area contributed by atoms with Crippen LogP contribution in [0.2, 0.25) is 0 Å². The van der Waals surface area contributed by atoms with E-state index in [0.29, 0.717) is 23.4 Å². The van der Waals surface area contributed by atoms with Crippen LogP contribution in [0.4, 0.5) is 10.5 Å². The number of carbonyl (C=O) groups is 2. The number of nitrogens with one attached hydrogen (secondary N) is 3. The topological polar surface area (TPSA) is 99.7 Å². The van der Waals surface area contributed by atoms with Gasteiger partial charge in [0.05, 0.1) is 18.8 Å². The van der Waals surface area contributed by atoms with E-state index in [0.717, 1.165) is 11.1 Å². The third-order valence-electron chi connectivity index (χ3n) is 4.14. The van der Waals surface area contributed by atoms with Gasteiger partial charge in [-0.25, -0.2) is 4.79 Å². The Morgan fingerprint density at radius 1 is 1.15 bits per heavy atom. The van der Waals surface area contributed by atoms with E-state index in [2.05, 4.69) is 16.0 Å². The van der Waals surface area contributed by atoms with Crippen molar-refractivity contribution in [2.45, 2.75) is 19.4 Å². The van der Waals surface area contributed by atoms with E-state index >= 15 is 0 Å². The summed E-state index contributed by atoms with van der Waals surface area (Å²) in [6, 6.07) is 11.7. The number of aliphatic hydroxyl groups is 1. The predicted octanol–water partition coefficient (Wildman–Crippen LogP) is 2.61. The van der Waals surface area contributed by atoms with Gasteiger partial charge >= 0.3 is 6.03 Å². The Kier molecular flexibility index (Phi) is 7.19. The van der Waals surface area contributed by atoms with Crippen molar-refractivity contribution in [2.24, 2.45) is 0 Å². The fourth-order valence-corrected chi connectivity index (χ4v) is 2.66. The highest BCUT2D eigenvalue weighted by molar-refractivity contribution is 5.98. The van der Waals surface area contributed by atoms with Gasteiger partial charge in [-0.1, -0.05) is 29.8 Å². The maximum Gasteiger partial charge on any atom is 0.319 e. The van der Waals surface area contributed by atoms with Crippen molar-refractivity contribution in [1.82, 2.24) is 10.6 Å². The summed E-state index contributed by atoms with van der Waals surface area (Å²) >= 11 is 0. The smallest absolute Gasteiger partial charge is 0.319 e. The van der Waals surface area contributed by atoms with Gasteiger partial charge in [0.15, 0.2) is 0 Å². The molecule has 0 heterocycles. The number of anilines is 1. The van der Waals surface area contributed by atoms with E-state index in [9.17, 15) is 14.7 Å². The molecule has 2 aromatic carbocycles. The molecule has 0 fully saturated rings. The van der Waals surface area contributed by atoms with Crippen LogP contribution in [-0.4, -0.2) is 37.8 Å². The number of methoxy groups -OCH3 is 1. The molecule has 0 radical (unpaired) electrons. The van der Waals surface area contributed by atoms with Crippen molar-refractivity contribution in [3.63, 3.8) is 0 Å². The van der Waals surface area contributed by atoms with E-state index in [1.807, 2.05) is 31.2 Å². The number of urea groups is 1. The monoisotopic (exact) mass is 371 g/mol. The van der Waals surface area contributed by atoms with Crippen LogP contribution in [0.15, 0.2) is 42.5 Å². The van der Waals surface area contributed by atoms with Gasteiger partial charge in [-0.15, -0.1) is 0 Å². The van der Waals surface area contributed by atoms with Crippen LogP contribution in [-0.2, 0) is 0 Å². The van der Waals surface area contributed by atoms with Crippen LogP contribution in [0.25, 0.3) is 0 Å². The second-order valence-corrected chi connectivity index (χ2v) is 6.07. The first-order valence-corrected chi connectivity index (χ1v) is 8.63. The van der Waals surface area contributed by atoms with Gasteiger partial charge < -0.3 is 25.8 Å². The zero-order valence-corrected chi connectivity index (χ0v) is 15.7. The molecular weight excluding hydrogens is 346 g/mol. The fraction of sp³-hybridized carbons (Fsp3) is 0.300. The van der Waals surface area contributed by atoms with Crippen molar-refractivity contribution in [2.75, 3.05) is 26.1 Å². The zero-order valence-electron chi connectivity index (χ0n) is 15.7. The highest BCUT2D eigenvalue weighted by Crippen LogP contribution is 2.26. The van der Waals surface area contributed by atoms with Crippen molar-refractivity contribution >= 4 is 17.6 Å². The van der Waals surface area contributed by atoms with E-state index in [1.165, 1.54) is 14.2 Å². The molecule has 27 heavy (non-hydrogen) atoms. The maximum absolute atomic E-state index is 12.5. The Morgan fingerprint density at radius 2 is 1.85 bits per heavy atom. The van der Waals surface area contributed by atoms with Gasteiger partial charge in [0, 0.05) is 19.2 Å². The highest BCUT2D eigenvalue weighted by Gasteiger charge is 2.16. The maximum atomic E-state index is 12.5. The quantitative estimate of drug-likeness (QED) is 0.601. The molecule has 3 amide bonds. The second-order valence-electron chi connectivity index (χ2n) is 6.07. The molecule has 4 N–H and O–H groups in total. The number of ether oxygens (including phenoxy) is 1. The summed E-state index contributed by atoms with van der Waals surface area (Å²) in [4.78, 5) is 24.3. The number of carbonyl (C=O) groups excluding carboxylic acids is 2. The van der Waals surface area contributed by atoms with Crippen molar-refractivity contribution in [1.29, 1.82) is 0 Å². The molecule has 144 valence electrons. The second kappa shape index (κ2) is 9.59. The minimum atomic E-state index is -0.457. The zero-order chi connectivity index (χ0) is 19.8. The molecule has 0 spiro atoms. The summed E-state index contributed by atoms with van der Waals surface area (Å²) in [5, 5.41) is 17.4. The van der Waals surface area contributed by atoms with E-state index in [1.54, 1.807) is 18.2 Å². The molecule has 0 bridgehead atoms. The largest absolute Gasteiger partial charge is 0.495 e. The molecule has 0 unspecified atom stereocenters. The first kappa shape index (κ1) is 20.3. The molecule has 0 saturated heterocycles. The molecule has 0 aliphatic rings. The van der Waals surface area contributed by atoms with Gasteiger partial charge in [-0.05, 0) is 37.1 Å². The molecule has 0 aromatic heterocycles. The third-order valence-corrected chi connectivity index (χ3v) is 4.14. The van der Waals surface area contributed by atoms with Gasteiger partial charge in [0.1, 0.15) is 5.75 Å². The highest BCUT2D eigenvalue weighted by atomic mass is 16.5. The summed E-state index contributed by atoms with van der Waals surface area (Å²) < 4.78 is 5.25. The van der Waals surface area contributed by atoms with Crippen LogP contribution in [0.5, 0.6) is 5.75 Å². The lowest BCUT2D eigenvalue weighted by Gasteiger charge is -2.20.